The van der Waals surface area contributed by atoms with E-state index in [4.69, 9.17) is 16.3 Å². The lowest BCUT2D eigenvalue weighted by molar-refractivity contribution is 0.0920. The molecule has 2 rings (SSSR count). The Morgan fingerprint density at radius 3 is 2.68 bits per heavy atom. The highest BCUT2D eigenvalue weighted by Crippen LogP contribution is 2.22. The minimum absolute atomic E-state index is 0.00366. The third-order valence-corrected chi connectivity index (χ3v) is 3.79. The fourth-order valence-electron chi connectivity index (χ4n) is 1.62. The van der Waals surface area contributed by atoms with Crippen molar-refractivity contribution >= 4 is 33.3 Å². The van der Waals surface area contributed by atoms with Gasteiger partial charge in [0.1, 0.15) is 5.75 Å². The van der Waals surface area contributed by atoms with Gasteiger partial charge in [-0.15, -0.1) is 0 Å². The minimum Gasteiger partial charge on any atom is -0.485 e. The van der Waals surface area contributed by atoms with Crippen molar-refractivity contribution in [2.24, 2.45) is 0 Å². The molecule has 0 fully saturated rings. The molecule has 0 aliphatic carbocycles. The van der Waals surface area contributed by atoms with E-state index in [1.54, 1.807) is 18.2 Å². The molecule has 0 saturated carbocycles. The van der Waals surface area contributed by atoms with E-state index in [0.29, 0.717) is 16.3 Å². The largest absolute Gasteiger partial charge is 0.485 e. The van der Waals surface area contributed by atoms with E-state index in [9.17, 15) is 4.79 Å². The molecule has 2 aromatic carbocycles. The van der Waals surface area contributed by atoms with Crippen molar-refractivity contribution < 1.29 is 9.53 Å². The highest BCUT2D eigenvalue weighted by atomic mass is 79.9. The molecule has 0 spiro atoms. The zero-order valence-electron chi connectivity index (χ0n) is 10.3. The SMILES string of the molecule is Cc1cc(OCC(=O)c2ccccc2Br)ccc1Cl. The zero-order valence-corrected chi connectivity index (χ0v) is 12.7. The Labute approximate surface area is 125 Å². The molecule has 0 saturated heterocycles. The summed E-state index contributed by atoms with van der Waals surface area (Å²) in [6.45, 7) is 1.90. The molecule has 0 radical (unpaired) electrons. The Bertz CT molecular complexity index is 611. The van der Waals surface area contributed by atoms with Crippen LogP contribution in [-0.4, -0.2) is 12.4 Å². The van der Waals surface area contributed by atoms with Crippen LogP contribution < -0.4 is 4.74 Å². The highest BCUT2D eigenvalue weighted by Gasteiger charge is 2.10. The van der Waals surface area contributed by atoms with Crippen LogP contribution in [0.25, 0.3) is 0 Å². The Morgan fingerprint density at radius 1 is 1.26 bits per heavy atom. The second kappa shape index (κ2) is 6.22. The topological polar surface area (TPSA) is 26.3 Å². The third-order valence-electron chi connectivity index (χ3n) is 2.67. The van der Waals surface area contributed by atoms with E-state index in [1.165, 1.54) is 0 Å². The summed E-state index contributed by atoms with van der Waals surface area (Å²) in [6.07, 6.45) is 0. The second-order valence-electron chi connectivity index (χ2n) is 4.10. The van der Waals surface area contributed by atoms with Crippen molar-refractivity contribution in [3.05, 3.63) is 63.1 Å². The van der Waals surface area contributed by atoms with E-state index in [1.807, 2.05) is 31.2 Å². The molecule has 0 N–H and O–H groups in total. The number of carbonyl (C=O) groups is 1. The summed E-state index contributed by atoms with van der Waals surface area (Å²) in [7, 11) is 0. The lowest BCUT2D eigenvalue weighted by Crippen LogP contribution is -2.12. The van der Waals surface area contributed by atoms with Gasteiger partial charge in [-0.25, -0.2) is 0 Å². The normalized spacial score (nSPS) is 10.3. The molecule has 2 nitrogen and oxygen atoms in total. The van der Waals surface area contributed by atoms with Crippen molar-refractivity contribution in [1.29, 1.82) is 0 Å². The van der Waals surface area contributed by atoms with Crippen LogP contribution in [-0.2, 0) is 0 Å². The molecular formula is C15H12BrClO2. The predicted molar refractivity (Wildman–Crippen MR) is 80.2 cm³/mol. The summed E-state index contributed by atoms with van der Waals surface area (Å²) < 4.78 is 6.26. The number of ether oxygens (including phenoxy) is 1. The average molecular weight is 340 g/mol. The fourth-order valence-corrected chi connectivity index (χ4v) is 2.24. The number of aryl methyl sites for hydroxylation is 1. The summed E-state index contributed by atoms with van der Waals surface area (Å²) >= 11 is 9.28. The van der Waals surface area contributed by atoms with Gasteiger partial charge in [0.25, 0.3) is 0 Å². The standard InChI is InChI=1S/C15H12BrClO2/c1-10-8-11(6-7-14(10)17)19-9-15(18)12-4-2-3-5-13(12)16/h2-8H,9H2,1H3. The molecule has 0 unspecified atom stereocenters. The first-order valence-electron chi connectivity index (χ1n) is 5.74. The Morgan fingerprint density at radius 2 is 2.00 bits per heavy atom. The molecular weight excluding hydrogens is 328 g/mol. The first kappa shape index (κ1) is 14.1. The van der Waals surface area contributed by atoms with Crippen LogP contribution in [0, 0.1) is 6.92 Å². The number of hydrogen-bond donors (Lipinski definition) is 0. The van der Waals surface area contributed by atoms with Gasteiger partial charge in [0, 0.05) is 15.1 Å². The van der Waals surface area contributed by atoms with Crippen LogP contribution in [0.3, 0.4) is 0 Å². The van der Waals surface area contributed by atoms with Crippen molar-refractivity contribution in [3.8, 4) is 5.75 Å². The van der Waals surface area contributed by atoms with E-state index < -0.39 is 0 Å². The zero-order chi connectivity index (χ0) is 13.8. The molecule has 0 aliphatic rings. The van der Waals surface area contributed by atoms with E-state index >= 15 is 0 Å². The van der Waals surface area contributed by atoms with Crippen LogP contribution in [0.1, 0.15) is 15.9 Å². The predicted octanol–water partition coefficient (Wildman–Crippen LogP) is 4.67. The van der Waals surface area contributed by atoms with Gasteiger partial charge in [0.2, 0.25) is 5.78 Å². The van der Waals surface area contributed by atoms with Gasteiger partial charge in [0.05, 0.1) is 0 Å². The maximum Gasteiger partial charge on any atom is 0.201 e. The van der Waals surface area contributed by atoms with Crippen LogP contribution in [0.15, 0.2) is 46.9 Å². The van der Waals surface area contributed by atoms with Crippen molar-refractivity contribution in [2.75, 3.05) is 6.61 Å². The van der Waals surface area contributed by atoms with Gasteiger partial charge in [0.15, 0.2) is 6.61 Å². The van der Waals surface area contributed by atoms with Crippen LogP contribution in [0.5, 0.6) is 5.75 Å². The quantitative estimate of drug-likeness (QED) is 0.757. The summed E-state index contributed by atoms with van der Waals surface area (Å²) in [5.74, 6) is 0.572. The molecule has 98 valence electrons. The Hall–Kier alpha value is -1.32. The van der Waals surface area contributed by atoms with Gasteiger partial charge in [-0.3, -0.25) is 4.79 Å². The summed E-state index contributed by atoms with van der Waals surface area (Å²) in [5.41, 5.74) is 1.54. The number of Topliss-reactive ketones (excluding diaryl/α,β-unsaturated/α-hetero) is 1. The summed E-state index contributed by atoms with van der Waals surface area (Å²) in [4.78, 5) is 12.0. The van der Waals surface area contributed by atoms with Crippen LogP contribution in [0.2, 0.25) is 5.02 Å². The average Bonchev–Trinajstić information content (AvgIpc) is 2.40. The number of hydrogen-bond acceptors (Lipinski definition) is 2. The highest BCUT2D eigenvalue weighted by molar-refractivity contribution is 9.10. The van der Waals surface area contributed by atoms with Gasteiger partial charge < -0.3 is 4.74 Å². The monoisotopic (exact) mass is 338 g/mol. The lowest BCUT2D eigenvalue weighted by Gasteiger charge is -2.08. The van der Waals surface area contributed by atoms with Gasteiger partial charge >= 0.3 is 0 Å². The fraction of sp³-hybridized carbons (Fsp3) is 0.133. The molecule has 0 atom stereocenters. The summed E-state index contributed by atoms with van der Waals surface area (Å²) in [5, 5.41) is 0.685. The molecule has 19 heavy (non-hydrogen) atoms. The van der Waals surface area contributed by atoms with Crippen LogP contribution >= 0.6 is 27.5 Å². The number of benzene rings is 2. The van der Waals surface area contributed by atoms with E-state index in [0.717, 1.165) is 10.0 Å². The molecule has 4 heteroatoms. The Balaban J connectivity index is 2.04. The first-order valence-corrected chi connectivity index (χ1v) is 6.91. The maximum atomic E-state index is 12.0. The molecule has 0 aromatic heterocycles. The molecule has 0 amide bonds. The van der Waals surface area contributed by atoms with E-state index in [2.05, 4.69) is 15.9 Å². The number of rotatable bonds is 4. The molecule has 0 heterocycles. The maximum absolute atomic E-state index is 12.0. The van der Waals surface area contributed by atoms with E-state index in [-0.39, 0.29) is 12.4 Å². The first-order chi connectivity index (χ1) is 9.08. The van der Waals surface area contributed by atoms with Gasteiger partial charge in [-0.1, -0.05) is 45.7 Å². The van der Waals surface area contributed by atoms with Gasteiger partial charge in [-0.2, -0.15) is 0 Å². The molecule has 0 aliphatic heterocycles. The molecule has 2 aromatic rings. The lowest BCUT2D eigenvalue weighted by atomic mass is 10.1. The number of ketones is 1. The number of halogens is 2. The number of carbonyl (C=O) groups excluding carboxylic acids is 1. The van der Waals surface area contributed by atoms with Crippen LogP contribution in [0.4, 0.5) is 0 Å². The minimum atomic E-state index is -0.0694. The molecule has 0 bridgehead atoms. The second-order valence-corrected chi connectivity index (χ2v) is 5.36. The van der Waals surface area contributed by atoms with Gasteiger partial charge in [-0.05, 0) is 36.8 Å². The van der Waals surface area contributed by atoms with Crippen molar-refractivity contribution in [1.82, 2.24) is 0 Å². The smallest absolute Gasteiger partial charge is 0.201 e. The summed E-state index contributed by atoms with van der Waals surface area (Å²) in [6, 6.07) is 12.6. The Kier molecular flexibility index (Phi) is 4.61. The third kappa shape index (κ3) is 3.58. The van der Waals surface area contributed by atoms with Crippen molar-refractivity contribution in [3.63, 3.8) is 0 Å². The van der Waals surface area contributed by atoms with Crippen molar-refractivity contribution in [2.45, 2.75) is 6.92 Å².